The molecule has 0 unspecified atom stereocenters. The first-order valence-electron chi connectivity index (χ1n) is 14.6. The van der Waals surface area contributed by atoms with Crippen LogP contribution in [0.3, 0.4) is 0 Å². The molecule has 6 aromatic rings. The molecule has 2 aliphatic rings. The van der Waals surface area contributed by atoms with Crippen molar-refractivity contribution >= 4 is 40.2 Å². The summed E-state index contributed by atoms with van der Waals surface area (Å²) in [5.74, 6) is 0. The van der Waals surface area contributed by atoms with Crippen LogP contribution in [0.4, 0.5) is 0 Å². The number of benzene rings is 6. The molecule has 0 aliphatic heterocycles. The lowest BCUT2D eigenvalue weighted by atomic mass is 9.84. The Kier molecular flexibility index (Phi) is 5.80. The smallest absolute Gasteiger partial charge is 0.00637 e. The van der Waals surface area contributed by atoms with Gasteiger partial charge in [-0.2, -0.15) is 0 Å². The number of aryl methyl sites for hydroxylation is 2. The van der Waals surface area contributed by atoms with Gasteiger partial charge in [0.15, 0.2) is 0 Å². The summed E-state index contributed by atoms with van der Waals surface area (Å²) < 4.78 is 0. The Morgan fingerprint density at radius 1 is 0.512 bits per heavy atom. The van der Waals surface area contributed by atoms with E-state index in [1.54, 1.807) is 0 Å². The maximum atomic E-state index is 2.47. The summed E-state index contributed by atoms with van der Waals surface area (Å²) in [4.78, 5) is 0. The van der Waals surface area contributed by atoms with Gasteiger partial charge in [0.05, 0.1) is 0 Å². The number of hydrogen-bond donors (Lipinski definition) is 0. The van der Waals surface area contributed by atoms with Crippen LogP contribution in [0.5, 0.6) is 0 Å². The van der Waals surface area contributed by atoms with Crippen molar-refractivity contribution in [2.75, 3.05) is 0 Å². The lowest BCUT2D eigenvalue weighted by Gasteiger charge is -2.22. The number of fused-ring (bicyclic) bond motifs is 4. The van der Waals surface area contributed by atoms with Crippen LogP contribution in [-0.4, -0.2) is 0 Å². The van der Waals surface area contributed by atoms with E-state index in [0.717, 1.165) is 12.8 Å². The molecule has 0 heterocycles. The van der Waals surface area contributed by atoms with E-state index in [1.165, 1.54) is 82.3 Å². The number of allylic oxidation sites excluding steroid dienone is 1. The molecule has 1 heteroatoms. The SMILES string of the molecule is Cc1ccc(P(c2ccc(C)cc2)c2ccc(-c3ccc4c5c3CCC=C5c3cc5ccccc5cc3-4)cc2)cc1. The second kappa shape index (κ2) is 9.69. The normalized spacial score (nSPS) is 13.3. The van der Waals surface area contributed by atoms with E-state index in [9.17, 15) is 0 Å². The van der Waals surface area contributed by atoms with Gasteiger partial charge in [0.1, 0.15) is 0 Å². The molecular formula is C40H31P. The van der Waals surface area contributed by atoms with Gasteiger partial charge in [-0.15, -0.1) is 0 Å². The standard InChI is InChI=1S/C40H31P/c1-26-10-16-31(17-11-26)41(32-18-12-27(2)13-19-32)33-20-14-28(15-21-33)34-22-23-37-39-25-30-7-4-3-6-29(30)24-38(39)36-9-5-8-35(34)40(36)37/h3-4,6-7,9-25H,5,8H2,1-2H3. The second-order valence-corrected chi connectivity index (χ2v) is 13.7. The summed E-state index contributed by atoms with van der Waals surface area (Å²) in [7, 11) is -0.620. The van der Waals surface area contributed by atoms with Gasteiger partial charge in [0.2, 0.25) is 0 Å². The molecule has 0 bridgehead atoms. The molecule has 0 saturated carbocycles. The van der Waals surface area contributed by atoms with Crippen molar-refractivity contribution in [2.45, 2.75) is 26.7 Å². The lowest BCUT2D eigenvalue weighted by Crippen LogP contribution is -2.20. The topological polar surface area (TPSA) is 0 Å². The highest BCUT2D eigenvalue weighted by Gasteiger charge is 2.30. The molecule has 0 N–H and O–H groups in total. The van der Waals surface area contributed by atoms with Gasteiger partial charge in [-0.05, 0) is 118 Å². The van der Waals surface area contributed by atoms with Gasteiger partial charge in [-0.1, -0.05) is 126 Å². The third-order valence-electron chi connectivity index (χ3n) is 8.81. The van der Waals surface area contributed by atoms with Crippen LogP contribution in [0.25, 0.3) is 38.6 Å². The molecule has 2 aliphatic carbocycles. The second-order valence-electron chi connectivity index (χ2n) is 11.5. The van der Waals surface area contributed by atoms with E-state index in [2.05, 4.69) is 141 Å². The van der Waals surface area contributed by atoms with Gasteiger partial charge in [-0.3, -0.25) is 0 Å². The third-order valence-corrected chi connectivity index (χ3v) is 11.3. The Morgan fingerprint density at radius 2 is 1.05 bits per heavy atom. The van der Waals surface area contributed by atoms with Crippen LogP contribution in [0.2, 0.25) is 0 Å². The predicted molar refractivity (Wildman–Crippen MR) is 178 cm³/mol. The van der Waals surface area contributed by atoms with Crippen LogP contribution >= 0.6 is 7.92 Å². The highest BCUT2D eigenvalue weighted by Crippen LogP contribution is 2.51. The molecule has 0 saturated heterocycles. The number of rotatable bonds is 4. The molecule has 196 valence electrons. The van der Waals surface area contributed by atoms with Crippen LogP contribution < -0.4 is 15.9 Å². The van der Waals surface area contributed by atoms with Crippen LogP contribution in [0.15, 0.2) is 127 Å². The minimum absolute atomic E-state index is 0.620. The zero-order valence-electron chi connectivity index (χ0n) is 23.5. The van der Waals surface area contributed by atoms with Crippen molar-refractivity contribution in [1.29, 1.82) is 0 Å². The average Bonchev–Trinajstić information content (AvgIpc) is 3.32. The first-order chi connectivity index (χ1) is 20.1. The van der Waals surface area contributed by atoms with Crippen LogP contribution in [0.1, 0.15) is 34.2 Å². The summed E-state index contributed by atoms with van der Waals surface area (Å²) in [6.45, 7) is 4.33. The summed E-state index contributed by atoms with van der Waals surface area (Å²) in [5, 5.41) is 6.83. The third kappa shape index (κ3) is 4.09. The summed E-state index contributed by atoms with van der Waals surface area (Å²) in [6, 6.07) is 46.0. The zero-order chi connectivity index (χ0) is 27.5. The molecule has 6 aromatic carbocycles. The van der Waals surface area contributed by atoms with Crippen molar-refractivity contribution < 1.29 is 0 Å². The minimum Gasteiger partial charge on any atom is -0.0757 e. The van der Waals surface area contributed by atoms with Gasteiger partial charge in [-0.25, -0.2) is 0 Å². The highest BCUT2D eigenvalue weighted by atomic mass is 31.1. The summed E-state index contributed by atoms with van der Waals surface area (Å²) in [5.41, 5.74) is 13.9. The largest absolute Gasteiger partial charge is 0.0757 e. The summed E-state index contributed by atoms with van der Waals surface area (Å²) in [6.07, 6.45) is 4.65. The molecule has 0 aromatic heterocycles. The quantitative estimate of drug-likeness (QED) is 0.195. The Balaban J connectivity index is 1.21. The Bertz CT molecular complexity index is 1930. The van der Waals surface area contributed by atoms with Crippen molar-refractivity contribution in [2.24, 2.45) is 0 Å². The first-order valence-corrected chi connectivity index (χ1v) is 15.9. The van der Waals surface area contributed by atoms with E-state index in [-0.39, 0.29) is 0 Å². The minimum atomic E-state index is -0.620. The van der Waals surface area contributed by atoms with Crippen molar-refractivity contribution in [1.82, 2.24) is 0 Å². The van der Waals surface area contributed by atoms with E-state index >= 15 is 0 Å². The maximum absolute atomic E-state index is 2.47. The maximum Gasteiger partial charge on any atom is -0.00637 e. The predicted octanol–water partition coefficient (Wildman–Crippen LogP) is 9.24. The van der Waals surface area contributed by atoms with E-state index in [4.69, 9.17) is 0 Å². The molecular weight excluding hydrogens is 511 g/mol. The highest BCUT2D eigenvalue weighted by molar-refractivity contribution is 7.79. The average molecular weight is 543 g/mol. The molecule has 0 nitrogen and oxygen atoms in total. The lowest BCUT2D eigenvalue weighted by molar-refractivity contribution is 0.984. The van der Waals surface area contributed by atoms with Gasteiger partial charge < -0.3 is 0 Å². The molecule has 0 radical (unpaired) electrons. The van der Waals surface area contributed by atoms with Gasteiger partial charge in [0.25, 0.3) is 0 Å². The van der Waals surface area contributed by atoms with Crippen molar-refractivity contribution in [3.05, 3.63) is 155 Å². The Labute approximate surface area is 243 Å². The fraction of sp³-hybridized carbons (Fsp3) is 0.100. The molecule has 0 amide bonds. The van der Waals surface area contributed by atoms with E-state index in [1.807, 2.05) is 0 Å². The first kappa shape index (κ1) is 24.5. The van der Waals surface area contributed by atoms with E-state index in [0.29, 0.717) is 0 Å². The summed E-state index contributed by atoms with van der Waals surface area (Å²) >= 11 is 0. The zero-order valence-corrected chi connectivity index (χ0v) is 24.4. The van der Waals surface area contributed by atoms with Gasteiger partial charge >= 0.3 is 0 Å². The molecule has 0 fully saturated rings. The molecule has 0 spiro atoms. The Morgan fingerprint density at radius 3 is 1.66 bits per heavy atom. The molecule has 41 heavy (non-hydrogen) atoms. The van der Waals surface area contributed by atoms with Crippen LogP contribution in [0, 0.1) is 13.8 Å². The number of hydrogen-bond acceptors (Lipinski definition) is 0. The van der Waals surface area contributed by atoms with Crippen molar-refractivity contribution in [3.8, 4) is 22.3 Å². The van der Waals surface area contributed by atoms with Gasteiger partial charge in [0, 0.05) is 0 Å². The molecule has 8 rings (SSSR count). The molecule has 0 atom stereocenters. The van der Waals surface area contributed by atoms with E-state index < -0.39 is 7.92 Å². The fourth-order valence-electron chi connectivity index (χ4n) is 6.73. The monoisotopic (exact) mass is 542 g/mol. The Hall–Kier alpha value is -4.25. The van der Waals surface area contributed by atoms with Crippen molar-refractivity contribution in [3.63, 3.8) is 0 Å². The van der Waals surface area contributed by atoms with Crippen LogP contribution in [-0.2, 0) is 6.42 Å². The fourth-order valence-corrected chi connectivity index (χ4v) is 8.96.